The monoisotopic (exact) mass is 374 g/mol. The van der Waals surface area contributed by atoms with E-state index in [0.717, 1.165) is 12.1 Å². The van der Waals surface area contributed by atoms with Crippen LogP contribution in [0.25, 0.3) is 0 Å². The maximum absolute atomic E-state index is 13.0. The molecular weight excluding hydrogens is 340 g/mol. The molecule has 0 bridgehead atoms. The highest BCUT2D eigenvalue weighted by molar-refractivity contribution is 6.09. The third kappa shape index (κ3) is 3.78. The van der Waals surface area contributed by atoms with E-state index in [-0.39, 0.29) is 37.4 Å². The van der Waals surface area contributed by atoms with Crippen molar-refractivity contribution >= 4 is 23.4 Å². The molecule has 1 aromatic carbocycles. The van der Waals surface area contributed by atoms with Crippen molar-refractivity contribution in [3.63, 3.8) is 0 Å². The zero-order valence-electron chi connectivity index (χ0n) is 17.3. The minimum atomic E-state index is -0.605. The van der Waals surface area contributed by atoms with Gasteiger partial charge in [-0.3, -0.25) is 24.6 Å². The second-order valence-electron chi connectivity index (χ2n) is 7.34. The Bertz CT molecular complexity index is 734. The van der Waals surface area contributed by atoms with E-state index in [9.17, 15) is 14.4 Å². The molecule has 0 radical (unpaired) electrons. The summed E-state index contributed by atoms with van der Waals surface area (Å²) in [6.07, 6.45) is 1.67. The summed E-state index contributed by atoms with van der Waals surface area (Å²) in [5, 5.41) is 2.38. The van der Waals surface area contributed by atoms with Crippen molar-refractivity contribution in [3.8, 4) is 0 Å². The van der Waals surface area contributed by atoms with Gasteiger partial charge in [0.15, 0.2) is 0 Å². The molecular formula is C22H34N2O3. The number of carbonyl (C=O) groups excluding carboxylic acids is 3. The first-order valence-electron chi connectivity index (χ1n) is 10.2. The van der Waals surface area contributed by atoms with Crippen molar-refractivity contribution in [1.82, 2.24) is 5.32 Å². The van der Waals surface area contributed by atoms with E-state index < -0.39 is 6.04 Å². The molecule has 2 aliphatic heterocycles. The number of imide groups is 1. The van der Waals surface area contributed by atoms with Crippen molar-refractivity contribution in [2.24, 2.45) is 5.92 Å². The number of hydrogen-bond acceptors (Lipinski definition) is 3. The Kier molecular flexibility index (Phi) is 6.79. The third-order valence-corrected chi connectivity index (χ3v) is 5.87. The number of anilines is 1. The Balaban J connectivity index is 0.00000127. The van der Waals surface area contributed by atoms with E-state index in [1.807, 2.05) is 32.9 Å². The molecule has 3 amide bonds. The number of hydrogen-bond donors (Lipinski definition) is 1. The maximum Gasteiger partial charge on any atom is 0.249 e. The highest BCUT2D eigenvalue weighted by Crippen LogP contribution is 2.44. The van der Waals surface area contributed by atoms with Gasteiger partial charge >= 0.3 is 0 Å². The van der Waals surface area contributed by atoms with Gasteiger partial charge in [-0.2, -0.15) is 0 Å². The van der Waals surface area contributed by atoms with Crippen LogP contribution in [0, 0.1) is 5.92 Å². The lowest BCUT2D eigenvalue weighted by Crippen LogP contribution is -2.57. The van der Waals surface area contributed by atoms with Crippen molar-refractivity contribution in [1.29, 1.82) is 0 Å². The van der Waals surface area contributed by atoms with Gasteiger partial charge < -0.3 is 0 Å². The van der Waals surface area contributed by atoms with Crippen LogP contribution >= 0.6 is 0 Å². The molecule has 27 heavy (non-hydrogen) atoms. The third-order valence-electron chi connectivity index (χ3n) is 5.87. The van der Waals surface area contributed by atoms with E-state index in [4.69, 9.17) is 0 Å². The van der Waals surface area contributed by atoms with Crippen LogP contribution in [0.3, 0.4) is 0 Å². The Labute approximate surface area is 164 Å². The topological polar surface area (TPSA) is 66.5 Å². The largest absolute Gasteiger partial charge is 0.299 e. The van der Waals surface area contributed by atoms with Crippen LogP contribution in [-0.4, -0.2) is 23.8 Å². The SMILES string of the molecule is CC.CCC(C)c1cccc2c1C(C)C(C)C(=O)N2C1CCC(=O)NC1=O.[HH]. The van der Waals surface area contributed by atoms with E-state index in [2.05, 4.69) is 32.2 Å². The Morgan fingerprint density at radius 3 is 2.44 bits per heavy atom. The second kappa shape index (κ2) is 8.68. The predicted octanol–water partition coefficient (Wildman–Crippen LogP) is 4.36. The van der Waals surface area contributed by atoms with Crippen LogP contribution in [0.4, 0.5) is 5.69 Å². The molecule has 2 heterocycles. The van der Waals surface area contributed by atoms with Gasteiger partial charge in [-0.1, -0.05) is 53.7 Å². The number of rotatable bonds is 3. The first-order valence-corrected chi connectivity index (χ1v) is 10.2. The van der Waals surface area contributed by atoms with Gasteiger partial charge in [-0.05, 0) is 41.9 Å². The van der Waals surface area contributed by atoms with E-state index in [1.54, 1.807) is 4.90 Å². The Morgan fingerprint density at radius 1 is 1.19 bits per heavy atom. The van der Waals surface area contributed by atoms with Crippen molar-refractivity contribution in [2.75, 3.05) is 4.90 Å². The number of carbonyl (C=O) groups is 3. The predicted molar refractivity (Wildman–Crippen MR) is 110 cm³/mol. The minimum Gasteiger partial charge on any atom is -0.299 e. The Hall–Kier alpha value is -2.17. The molecule has 1 aromatic rings. The number of benzene rings is 1. The van der Waals surface area contributed by atoms with Crippen LogP contribution < -0.4 is 10.2 Å². The molecule has 3 rings (SSSR count). The van der Waals surface area contributed by atoms with Crippen LogP contribution in [0.15, 0.2) is 18.2 Å². The minimum absolute atomic E-state index is 0. The molecule has 0 aliphatic carbocycles. The first-order chi connectivity index (χ1) is 12.9. The molecule has 1 N–H and O–H groups in total. The standard InChI is InChI=1S/C20H26N2O3.C2H6.H2/c1-5-11(2)14-7-6-8-15-18(14)12(3)13(4)20(25)22(15)16-9-10-17(23)21-19(16)24;1-2;/h6-8,11-13,16H,5,9-10H2,1-4H3,(H,21,23,24);1-2H3;1H. The van der Waals surface area contributed by atoms with E-state index >= 15 is 0 Å². The molecule has 2 aliphatic rings. The molecule has 4 unspecified atom stereocenters. The lowest BCUT2D eigenvalue weighted by atomic mass is 9.77. The number of fused-ring (bicyclic) bond motifs is 1. The number of amides is 3. The first kappa shape index (κ1) is 21.1. The van der Waals surface area contributed by atoms with Crippen LogP contribution in [0.2, 0.25) is 0 Å². The van der Waals surface area contributed by atoms with E-state index in [1.165, 1.54) is 11.1 Å². The lowest BCUT2D eigenvalue weighted by molar-refractivity contribution is -0.136. The van der Waals surface area contributed by atoms with Gasteiger partial charge in [0.2, 0.25) is 17.7 Å². The van der Waals surface area contributed by atoms with Gasteiger partial charge in [0.1, 0.15) is 6.04 Å². The molecule has 1 fully saturated rings. The van der Waals surface area contributed by atoms with Crippen molar-refractivity contribution < 1.29 is 15.8 Å². The second-order valence-corrected chi connectivity index (χ2v) is 7.34. The summed E-state index contributed by atoms with van der Waals surface area (Å²) >= 11 is 0. The van der Waals surface area contributed by atoms with Crippen LogP contribution in [-0.2, 0) is 14.4 Å². The fourth-order valence-electron chi connectivity index (χ4n) is 3.98. The zero-order valence-corrected chi connectivity index (χ0v) is 17.3. The van der Waals surface area contributed by atoms with Crippen LogP contribution in [0.5, 0.6) is 0 Å². The van der Waals surface area contributed by atoms with E-state index in [0.29, 0.717) is 12.3 Å². The molecule has 0 aromatic heterocycles. The average molecular weight is 375 g/mol. The molecule has 1 saturated heterocycles. The Morgan fingerprint density at radius 2 is 1.85 bits per heavy atom. The highest BCUT2D eigenvalue weighted by atomic mass is 16.2. The molecule has 0 saturated carbocycles. The average Bonchev–Trinajstić information content (AvgIpc) is 2.68. The summed E-state index contributed by atoms with van der Waals surface area (Å²) in [5.74, 6) is -0.357. The van der Waals surface area contributed by atoms with Gasteiger partial charge in [0.05, 0.1) is 0 Å². The summed E-state index contributed by atoms with van der Waals surface area (Å²) in [4.78, 5) is 38.6. The molecule has 0 spiro atoms. The number of nitrogens with one attached hydrogen (secondary N) is 1. The highest BCUT2D eigenvalue weighted by Gasteiger charge is 2.43. The van der Waals surface area contributed by atoms with Crippen molar-refractivity contribution in [2.45, 2.75) is 78.7 Å². The number of piperidine rings is 1. The quantitative estimate of drug-likeness (QED) is 0.799. The zero-order chi connectivity index (χ0) is 20.3. The van der Waals surface area contributed by atoms with Crippen molar-refractivity contribution in [3.05, 3.63) is 29.3 Å². The van der Waals surface area contributed by atoms with Crippen LogP contribution in [0.1, 0.15) is 85.2 Å². The molecule has 5 heteroatoms. The smallest absolute Gasteiger partial charge is 0.249 e. The molecule has 4 atom stereocenters. The summed E-state index contributed by atoms with van der Waals surface area (Å²) in [5.41, 5.74) is 3.26. The fourth-order valence-corrected chi connectivity index (χ4v) is 3.98. The fraction of sp³-hybridized carbons (Fsp3) is 0.591. The number of nitrogens with zero attached hydrogens (tertiary/aromatic N) is 1. The molecule has 150 valence electrons. The summed E-state index contributed by atoms with van der Waals surface area (Å²) in [6, 6.07) is 5.43. The summed E-state index contributed by atoms with van der Waals surface area (Å²) in [6.45, 7) is 12.4. The summed E-state index contributed by atoms with van der Waals surface area (Å²) in [7, 11) is 0. The molecule has 5 nitrogen and oxygen atoms in total. The van der Waals surface area contributed by atoms with Gasteiger partial charge in [-0.25, -0.2) is 0 Å². The van der Waals surface area contributed by atoms with Gasteiger partial charge in [-0.15, -0.1) is 0 Å². The lowest BCUT2D eigenvalue weighted by Gasteiger charge is -2.42. The van der Waals surface area contributed by atoms with Gasteiger partial charge in [0, 0.05) is 19.5 Å². The summed E-state index contributed by atoms with van der Waals surface area (Å²) < 4.78 is 0. The van der Waals surface area contributed by atoms with Gasteiger partial charge in [0.25, 0.3) is 0 Å². The maximum atomic E-state index is 13.0. The normalized spacial score (nSPS) is 25.9.